The van der Waals surface area contributed by atoms with Crippen molar-refractivity contribution in [3.05, 3.63) is 18.4 Å². The standard InChI is InChI=1S/C9H14N4O2/c1-2-5-12-9(14)13(8(10)11)7-4-3-6-15-7/h3-4,6H,2,5H2,1H3,(H3,10,11)(H,12,14). The quantitative estimate of drug-likeness (QED) is 0.515. The van der Waals surface area contributed by atoms with Gasteiger partial charge in [0.2, 0.25) is 11.8 Å². The van der Waals surface area contributed by atoms with Crippen LogP contribution in [0.3, 0.4) is 0 Å². The lowest BCUT2D eigenvalue weighted by Gasteiger charge is -2.17. The van der Waals surface area contributed by atoms with Crippen molar-refractivity contribution in [2.24, 2.45) is 5.73 Å². The number of hydrogen-bond acceptors (Lipinski definition) is 3. The summed E-state index contributed by atoms with van der Waals surface area (Å²) in [7, 11) is 0. The average molecular weight is 210 g/mol. The molecule has 1 rings (SSSR count). The molecule has 0 aromatic carbocycles. The topological polar surface area (TPSA) is 95.4 Å². The fourth-order valence-corrected chi connectivity index (χ4v) is 1.04. The lowest BCUT2D eigenvalue weighted by molar-refractivity contribution is 0.248. The Balaban J connectivity index is 2.75. The zero-order valence-corrected chi connectivity index (χ0v) is 8.49. The van der Waals surface area contributed by atoms with Crippen LogP contribution in [-0.2, 0) is 0 Å². The number of nitrogens with two attached hydrogens (primary N) is 1. The maximum atomic E-state index is 11.6. The van der Waals surface area contributed by atoms with E-state index in [9.17, 15) is 4.79 Å². The van der Waals surface area contributed by atoms with E-state index < -0.39 is 6.03 Å². The van der Waals surface area contributed by atoms with Crippen LogP contribution in [0.25, 0.3) is 0 Å². The fraction of sp³-hybridized carbons (Fsp3) is 0.333. The second kappa shape index (κ2) is 5.04. The highest BCUT2D eigenvalue weighted by Gasteiger charge is 2.20. The summed E-state index contributed by atoms with van der Waals surface area (Å²) >= 11 is 0. The van der Waals surface area contributed by atoms with Crippen molar-refractivity contribution < 1.29 is 9.21 Å². The van der Waals surface area contributed by atoms with Crippen LogP contribution in [0.4, 0.5) is 10.7 Å². The van der Waals surface area contributed by atoms with E-state index in [4.69, 9.17) is 15.6 Å². The molecule has 0 unspecified atom stereocenters. The van der Waals surface area contributed by atoms with Crippen LogP contribution < -0.4 is 16.0 Å². The van der Waals surface area contributed by atoms with Gasteiger partial charge in [-0.25, -0.2) is 9.69 Å². The lowest BCUT2D eigenvalue weighted by Crippen LogP contribution is -2.47. The SMILES string of the molecule is CCCNC(=O)N(C(=N)N)c1ccco1. The molecule has 1 aromatic rings. The number of nitrogens with one attached hydrogen (secondary N) is 2. The number of nitrogens with zero attached hydrogens (tertiary/aromatic N) is 1. The van der Waals surface area contributed by atoms with E-state index in [1.807, 2.05) is 6.92 Å². The summed E-state index contributed by atoms with van der Waals surface area (Å²) in [6, 6.07) is 2.73. The predicted molar refractivity (Wildman–Crippen MR) is 56.8 cm³/mol. The molecular weight excluding hydrogens is 196 g/mol. The van der Waals surface area contributed by atoms with Gasteiger partial charge in [-0.3, -0.25) is 5.41 Å². The summed E-state index contributed by atoms with van der Waals surface area (Å²) in [5.74, 6) is -0.144. The first-order chi connectivity index (χ1) is 7.16. The van der Waals surface area contributed by atoms with Crippen LogP contribution in [-0.4, -0.2) is 18.5 Å². The van der Waals surface area contributed by atoms with Gasteiger partial charge in [0.25, 0.3) is 0 Å². The molecule has 2 amide bonds. The summed E-state index contributed by atoms with van der Waals surface area (Å²) in [6.45, 7) is 2.47. The van der Waals surface area contributed by atoms with Gasteiger partial charge in [-0.15, -0.1) is 0 Å². The van der Waals surface area contributed by atoms with Gasteiger partial charge in [0.15, 0.2) is 0 Å². The van der Waals surface area contributed by atoms with Gasteiger partial charge in [0.05, 0.1) is 6.26 Å². The second-order valence-electron chi connectivity index (χ2n) is 2.90. The minimum Gasteiger partial charge on any atom is -0.448 e. The summed E-state index contributed by atoms with van der Waals surface area (Å²) in [5.41, 5.74) is 5.29. The number of hydrogen-bond donors (Lipinski definition) is 3. The lowest BCUT2D eigenvalue weighted by atomic mass is 10.5. The van der Waals surface area contributed by atoms with Gasteiger partial charge in [-0.1, -0.05) is 6.92 Å². The van der Waals surface area contributed by atoms with Gasteiger partial charge in [-0.2, -0.15) is 0 Å². The number of guanidine groups is 1. The Morgan fingerprint density at radius 2 is 2.47 bits per heavy atom. The van der Waals surface area contributed by atoms with Gasteiger partial charge >= 0.3 is 6.03 Å². The number of anilines is 1. The molecule has 1 aromatic heterocycles. The molecule has 0 radical (unpaired) electrons. The van der Waals surface area contributed by atoms with Crippen molar-refractivity contribution in [3.8, 4) is 0 Å². The summed E-state index contributed by atoms with van der Waals surface area (Å²) < 4.78 is 5.00. The molecule has 82 valence electrons. The number of carbonyl (C=O) groups is 1. The molecule has 0 saturated heterocycles. The fourth-order valence-electron chi connectivity index (χ4n) is 1.04. The largest absolute Gasteiger partial charge is 0.448 e. The Kier molecular flexibility index (Phi) is 3.73. The Morgan fingerprint density at radius 1 is 1.73 bits per heavy atom. The van der Waals surface area contributed by atoms with E-state index >= 15 is 0 Å². The first kappa shape index (κ1) is 11.1. The summed E-state index contributed by atoms with van der Waals surface area (Å²) in [5, 5.41) is 9.88. The van der Waals surface area contributed by atoms with E-state index in [1.165, 1.54) is 6.26 Å². The smallest absolute Gasteiger partial charge is 0.331 e. The molecule has 4 N–H and O–H groups in total. The maximum Gasteiger partial charge on any atom is 0.331 e. The Bertz CT molecular complexity index is 334. The first-order valence-electron chi connectivity index (χ1n) is 4.62. The molecule has 0 saturated carbocycles. The second-order valence-corrected chi connectivity index (χ2v) is 2.90. The number of carbonyl (C=O) groups excluding carboxylic acids is 1. The van der Waals surface area contributed by atoms with Crippen LogP contribution in [0.15, 0.2) is 22.8 Å². The Labute approximate surface area is 87.5 Å². The Morgan fingerprint density at radius 3 is 2.93 bits per heavy atom. The monoisotopic (exact) mass is 210 g/mol. The average Bonchev–Trinajstić information content (AvgIpc) is 2.67. The molecule has 0 aliphatic rings. The molecule has 0 fully saturated rings. The van der Waals surface area contributed by atoms with Crippen molar-refractivity contribution in [3.63, 3.8) is 0 Å². The highest BCUT2D eigenvalue weighted by Crippen LogP contribution is 2.13. The summed E-state index contributed by atoms with van der Waals surface area (Å²) in [6.07, 6.45) is 2.23. The van der Waals surface area contributed by atoms with E-state index in [-0.39, 0.29) is 11.8 Å². The number of urea groups is 1. The normalized spacial score (nSPS) is 9.67. The van der Waals surface area contributed by atoms with Crippen LogP contribution in [0.5, 0.6) is 0 Å². The van der Waals surface area contributed by atoms with Gasteiger partial charge < -0.3 is 15.5 Å². The minimum absolute atomic E-state index is 0.233. The molecule has 15 heavy (non-hydrogen) atoms. The van der Waals surface area contributed by atoms with Crippen LogP contribution in [0, 0.1) is 5.41 Å². The molecule has 6 nitrogen and oxygen atoms in total. The van der Waals surface area contributed by atoms with Crippen molar-refractivity contribution in [1.82, 2.24) is 5.32 Å². The molecule has 0 aliphatic heterocycles. The van der Waals surface area contributed by atoms with Gasteiger partial charge in [0.1, 0.15) is 0 Å². The Hall–Kier alpha value is -1.98. The number of rotatable bonds is 3. The van der Waals surface area contributed by atoms with E-state index in [1.54, 1.807) is 12.1 Å². The molecule has 0 atom stereocenters. The van der Waals surface area contributed by atoms with Crippen LogP contribution >= 0.6 is 0 Å². The van der Waals surface area contributed by atoms with Crippen LogP contribution in [0.1, 0.15) is 13.3 Å². The highest BCUT2D eigenvalue weighted by molar-refractivity contribution is 6.12. The van der Waals surface area contributed by atoms with Crippen molar-refractivity contribution in [2.45, 2.75) is 13.3 Å². The van der Waals surface area contributed by atoms with Crippen molar-refractivity contribution in [1.29, 1.82) is 5.41 Å². The van der Waals surface area contributed by atoms with E-state index in [2.05, 4.69) is 5.32 Å². The molecular formula is C9H14N4O2. The van der Waals surface area contributed by atoms with Gasteiger partial charge in [-0.05, 0) is 12.5 Å². The number of amides is 2. The maximum absolute atomic E-state index is 11.6. The predicted octanol–water partition coefficient (Wildman–Crippen LogP) is 1.10. The zero-order valence-electron chi connectivity index (χ0n) is 8.49. The molecule has 0 aliphatic carbocycles. The minimum atomic E-state index is -0.459. The van der Waals surface area contributed by atoms with E-state index in [0.29, 0.717) is 6.54 Å². The zero-order chi connectivity index (χ0) is 11.3. The number of furan rings is 1. The van der Waals surface area contributed by atoms with Gasteiger partial charge in [0, 0.05) is 12.6 Å². The summed E-state index contributed by atoms with van der Waals surface area (Å²) in [4.78, 5) is 12.5. The van der Waals surface area contributed by atoms with Crippen molar-refractivity contribution >= 4 is 17.9 Å². The van der Waals surface area contributed by atoms with Crippen molar-refractivity contribution in [2.75, 3.05) is 11.4 Å². The molecule has 1 heterocycles. The highest BCUT2D eigenvalue weighted by atomic mass is 16.3. The third-order valence-corrected chi connectivity index (χ3v) is 1.70. The third kappa shape index (κ3) is 2.73. The first-order valence-corrected chi connectivity index (χ1v) is 4.62. The molecule has 0 bridgehead atoms. The molecule has 0 spiro atoms. The van der Waals surface area contributed by atoms with Crippen LogP contribution in [0.2, 0.25) is 0 Å². The molecule has 6 heteroatoms. The van der Waals surface area contributed by atoms with E-state index in [0.717, 1.165) is 11.3 Å². The third-order valence-electron chi connectivity index (χ3n) is 1.70.